The van der Waals surface area contributed by atoms with Crippen molar-refractivity contribution in [2.24, 2.45) is 16.6 Å². The third-order valence-electron chi connectivity index (χ3n) is 4.77. The maximum Gasteiger partial charge on any atom is 0.266 e. The molecule has 7 N–H and O–H groups in total. The second kappa shape index (κ2) is 12.6. The van der Waals surface area contributed by atoms with Crippen LogP contribution >= 0.6 is 46.4 Å². The van der Waals surface area contributed by atoms with Gasteiger partial charge in [-0.25, -0.2) is 10.1 Å². The van der Waals surface area contributed by atoms with E-state index in [-0.39, 0.29) is 57.3 Å². The Balaban J connectivity index is 2.35. The number of nitrogen functional groups attached to an aromatic ring is 1. The first-order valence-electron chi connectivity index (χ1n) is 9.91. The van der Waals surface area contributed by atoms with Crippen molar-refractivity contribution in [3.8, 4) is 0 Å². The third-order valence-corrected chi connectivity index (χ3v) is 6.14. The van der Waals surface area contributed by atoms with E-state index in [9.17, 15) is 19.7 Å². The minimum absolute atomic E-state index is 0.0925. The molecule has 0 aromatic heterocycles. The summed E-state index contributed by atoms with van der Waals surface area (Å²) >= 11 is 24.3. The van der Waals surface area contributed by atoms with E-state index in [4.69, 9.17) is 63.6 Å². The molecule has 2 aromatic carbocycles. The van der Waals surface area contributed by atoms with Crippen LogP contribution in [0.1, 0.15) is 28.8 Å². The summed E-state index contributed by atoms with van der Waals surface area (Å²) in [6.45, 7) is 0.0338. The van der Waals surface area contributed by atoms with Gasteiger partial charge in [0.25, 0.3) is 11.9 Å². The van der Waals surface area contributed by atoms with Crippen LogP contribution in [0, 0.1) is 10.1 Å². The molecule has 2 rings (SSSR count). The lowest BCUT2D eigenvalue weighted by Gasteiger charge is -2.30. The first-order chi connectivity index (χ1) is 16.4. The van der Waals surface area contributed by atoms with E-state index < -0.39 is 28.8 Å². The Morgan fingerprint density at radius 3 is 2.23 bits per heavy atom. The predicted octanol–water partition coefficient (Wildman–Crippen LogP) is 3.25. The lowest BCUT2D eigenvalue weighted by Crippen LogP contribution is -2.48. The van der Waals surface area contributed by atoms with Crippen LogP contribution in [0.4, 0.5) is 5.69 Å². The second-order valence-electron chi connectivity index (χ2n) is 7.25. The summed E-state index contributed by atoms with van der Waals surface area (Å²) in [6, 6.07) is 6.24. The Kier molecular flexibility index (Phi) is 10.2. The number of halogens is 4. The molecule has 15 heteroatoms. The van der Waals surface area contributed by atoms with Crippen LogP contribution in [0.5, 0.6) is 0 Å². The van der Waals surface area contributed by atoms with Gasteiger partial charge in [-0.15, -0.1) is 0 Å². The molecule has 2 aromatic rings. The Labute approximate surface area is 220 Å². The van der Waals surface area contributed by atoms with E-state index in [1.807, 2.05) is 0 Å². The number of rotatable bonds is 10. The third kappa shape index (κ3) is 8.03. The average Bonchev–Trinajstić information content (AvgIpc) is 2.76. The molecular weight excluding hydrogens is 544 g/mol. The van der Waals surface area contributed by atoms with Gasteiger partial charge in [0.2, 0.25) is 5.91 Å². The molecule has 0 unspecified atom stereocenters. The molecule has 0 heterocycles. The van der Waals surface area contributed by atoms with Crippen molar-refractivity contribution in [2.45, 2.75) is 25.4 Å². The molecule has 0 radical (unpaired) electrons. The molecule has 0 bridgehead atoms. The highest BCUT2D eigenvalue weighted by Crippen LogP contribution is 2.30. The minimum Gasteiger partial charge on any atom is -0.396 e. The van der Waals surface area contributed by atoms with Gasteiger partial charge in [-0.05, 0) is 48.7 Å². The van der Waals surface area contributed by atoms with E-state index in [2.05, 4.69) is 10.4 Å². The predicted molar refractivity (Wildman–Crippen MR) is 136 cm³/mol. The standard InChI is InChI=1S/C20H21Cl4N7O4/c21-12-4-3-11(8-13(12)22)19(33)30(9-10-6-14(23)17(25)15(24)7-10)16(18(26)32)2-1-5-28-20(27)29-31(34)35/h3-4,6-8,16H,1-2,5,9,25H2,(H2,26,32)(H3,27,28,29)/t16-/m1/s1. The molecule has 1 atom stereocenters. The van der Waals surface area contributed by atoms with Crippen LogP contribution in [-0.2, 0) is 11.3 Å². The molecule has 0 aliphatic heterocycles. The SMILES string of the molecule is NC(=O)[C@@H](CCCNC(N)=N[N+](=O)[O-])N(Cc1cc(Cl)c(N)c(Cl)c1)C(=O)c1ccc(Cl)c(Cl)c1. The number of anilines is 1. The van der Waals surface area contributed by atoms with Gasteiger partial charge in [0.15, 0.2) is 5.03 Å². The number of hydrogen-bond donors (Lipinski definition) is 4. The van der Waals surface area contributed by atoms with Crippen molar-refractivity contribution >= 4 is 69.9 Å². The average molecular weight is 565 g/mol. The van der Waals surface area contributed by atoms with Gasteiger partial charge in [0.05, 0.1) is 25.8 Å². The number of nitrogens with one attached hydrogen (secondary N) is 1. The minimum atomic E-state index is -1.08. The molecule has 0 spiro atoms. The zero-order valence-corrected chi connectivity index (χ0v) is 21.0. The molecule has 0 aliphatic carbocycles. The van der Waals surface area contributed by atoms with E-state index in [1.165, 1.54) is 35.2 Å². The normalized spacial score (nSPS) is 12.2. The Hall–Kier alpha value is -2.99. The van der Waals surface area contributed by atoms with Crippen molar-refractivity contribution in [3.05, 3.63) is 71.7 Å². The van der Waals surface area contributed by atoms with Crippen molar-refractivity contribution < 1.29 is 14.6 Å². The molecule has 0 fully saturated rings. The maximum atomic E-state index is 13.5. The lowest BCUT2D eigenvalue weighted by atomic mass is 10.0. The van der Waals surface area contributed by atoms with Crippen molar-refractivity contribution in [2.75, 3.05) is 12.3 Å². The number of carbonyl (C=O) groups excluding carboxylic acids is 2. The van der Waals surface area contributed by atoms with Gasteiger partial charge in [0.1, 0.15) is 11.1 Å². The summed E-state index contributed by atoms with van der Waals surface area (Å²) in [7, 11) is 0. The summed E-state index contributed by atoms with van der Waals surface area (Å²) < 4.78 is 0. The summed E-state index contributed by atoms with van der Waals surface area (Å²) in [4.78, 5) is 37.5. The molecule has 188 valence electrons. The lowest BCUT2D eigenvalue weighted by molar-refractivity contribution is -0.485. The molecule has 2 amide bonds. The Morgan fingerprint density at radius 2 is 1.69 bits per heavy atom. The van der Waals surface area contributed by atoms with Gasteiger partial charge in [-0.3, -0.25) is 9.59 Å². The topological polar surface area (TPSA) is 183 Å². The number of nitrogens with two attached hydrogens (primary N) is 3. The fourth-order valence-electron chi connectivity index (χ4n) is 3.13. The van der Waals surface area contributed by atoms with Crippen LogP contribution in [-0.4, -0.2) is 40.3 Å². The number of benzene rings is 2. The Bertz CT molecular complexity index is 1140. The van der Waals surface area contributed by atoms with Crippen LogP contribution in [0.15, 0.2) is 35.4 Å². The highest BCUT2D eigenvalue weighted by Gasteiger charge is 2.29. The van der Waals surface area contributed by atoms with E-state index in [0.717, 1.165) is 0 Å². The second-order valence-corrected chi connectivity index (χ2v) is 8.87. The number of amides is 2. The molecule has 0 saturated heterocycles. The zero-order chi connectivity index (χ0) is 26.3. The largest absolute Gasteiger partial charge is 0.396 e. The summed E-state index contributed by atoms with van der Waals surface area (Å²) in [5.41, 5.74) is 17.7. The molecule has 0 saturated carbocycles. The molecule has 35 heavy (non-hydrogen) atoms. The van der Waals surface area contributed by atoms with Crippen molar-refractivity contribution in [1.29, 1.82) is 0 Å². The molecule has 0 aliphatic rings. The molecular formula is C20H21Cl4N7O4. The quantitative estimate of drug-likeness (QED) is 0.0851. The number of carbonyl (C=O) groups is 2. The van der Waals surface area contributed by atoms with Crippen molar-refractivity contribution in [3.63, 3.8) is 0 Å². The summed E-state index contributed by atoms with van der Waals surface area (Å²) in [5, 5.41) is 15.6. The van der Waals surface area contributed by atoms with E-state index in [1.54, 1.807) is 0 Å². The fourth-order valence-corrected chi connectivity index (χ4v) is 3.96. The smallest absolute Gasteiger partial charge is 0.266 e. The van der Waals surface area contributed by atoms with Gasteiger partial charge >= 0.3 is 0 Å². The van der Waals surface area contributed by atoms with Crippen molar-refractivity contribution in [1.82, 2.24) is 10.2 Å². The van der Waals surface area contributed by atoms with E-state index >= 15 is 0 Å². The number of guanidine groups is 1. The number of nitrogens with zero attached hydrogens (tertiary/aromatic N) is 3. The number of primary amides is 1. The van der Waals surface area contributed by atoms with Crippen LogP contribution in [0.25, 0.3) is 0 Å². The molecule has 11 nitrogen and oxygen atoms in total. The Morgan fingerprint density at radius 1 is 1.06 bits per heavy atom. The van der Waals surface area contributed by atoms with Gasteiger partial charge in [0, 0.05) is 18.7 Å². The summed E-state index contributed by atoms with van der Waals surface area (Å²) in [5.74, 6) is -1.74. The van der Waals surface area contributed by atoms with E-state index in [0.29, 0.717) is 5.56 Å². The zero-order valence-electron chi connectivity index (χ0n) is 18.0. The van der Waals surface area contributed by atoms with Crippen LogP contribution in [0.2, 0.25) is 20.1 Å². The first-order valence-corrected chi connectivity index (χ1v) is 11.4. The van der Waals surface area contributed by atoms with Gasteiger partial charge < -0.3 is 27.4 Å². The van der Waals surface area contributed by atoms with Crippen LogP contribution < -0.4 is 22.5 Å². The number of hydrogen-bond acceptors (Lipinski definition) is 5. The number of nitro groups is 1. The van der Waals surface area contributed by atoms with Gasteiger partial charge in [-0.2, -0.15) is 0 Å². The van der Waals surface area contributed by atoms with Gasteiger partial charge in [-0.1, -0.05) is 46.4 Å². The first kappa shape index (κ1) is 28.2. The maximum absolute atomic E-state index is 13.5. The monoisotopic (exact) mass is 563 g/mol. The highest BCUT2D eigenvalue weighted by molar-refractivity contribution is 6.42. The fraction of sp³-hybridized carbons (Fsp3) is 0.250. The summed E-state index contributed by atoms with van der Waals surface area (Å²) in [6.07, 6.45) is 0.355. The number of hydrazone groups is 1. The highest BCUT2D eigenvalue weighted by atomic mass is 35.5. The van der Waals surface area contributed by atoms with Crippen LogP contribution in [0.3, 0.4) is 0 Å².